The average Bonchev–Trinajstić information content (AvgIpc) is 2.46. The highest BCUT2D eigenvalue weighted by Crippen LogP contribution is 2.29. The highest BCUT2D eigenvalue weighted by atomic mass is 16.5. The molecular formula is C17H26N2O2. The Morgan fingerprint density at radius 2 is 2.00 bits per heavy atom. The lowest BCUT2D eigenvalue weighted by atomic mass is 9.90. The third-order valence-corrected chi connectivity index (χ3v) is 3.25. The molecule has 0 aliphatic carbocycles. The number of nitrogens with zero attached hydrogens (tertiary/aromatic N) is 1. The van der Waals surface area contributed by atoms with Gasteiger partial charge in [0.1, 0.15) is 0 Å². The van der Waals surface area contributed by atoms with E-state index >= 15 is 0 Å². The predicted molar refractivity (Wildman–Crippen MR) is 84.5 cm³/mol. The Morgan fingerprint density at radius 1 is 1.24 bits per heavy atom. The van der Waals surface area contributed by atoms with E-state index in [1.807, 2.05) is 39.0 Å². The normalized spacial score (nSPS) is 11.0. The Morgan fingerprint density at radius 3 is 2.62 bits per heavy atom. The van der Waals surface area contributed by atoms with Crippen molar-refractivity contribution in [2.24, 2.45) is 11.1 Å². The second-order valence-electron chi connectivity index (χ2n) is 5.70. The average molecular weight is 290 g/mol. The molecule has 1 aromatic rings. The van der Waals surface area contributed by atoms with Crippen molar-refractivity contribution >= 4 is 0 Å². The Bertz CT molecular complexity index is 478. The zero-order chi connectivity index (χ0) is 15.7. The zero-order valence-corrected chi connectivity index (χ0v) is 13.3. The van der Waals surface area contributed by atoms with Crippen LogP contribution in [0.4, 0.5) is 0 Å². The van der Waals surface area contributed by atoms with Crippen LogP contribution in [-0.4, -0.2) is 19.8 Å². The molecule has 21 heavy (non-hydrogen) atoms. The van der Waals surface area contributed by atoms with Crippen LogP contribution in [0, 0.1) is 16.7 Å². The number of benzene rings is 1. The van der Waals surface area contributed by atoms with Gasteiger partial charge in [-0.05, 0) is 64.3 Å². The van der Waals surface area contributed by atoms with Crippen molar-refractivity contribution in [2.75, 3.05) is 19.8 Å². The van der Waals surface area contributed by atoms with Crippen LogP contribution in [0.5, 0.6) is 11.5 Å². The van der Waals surface area contributed by atoms with Gasteiger partial charge in [-0.1, -0.05) is 6.07 Å². The van der Waals surface area contributed by atoms with Gasteiger partial charge >= 0.3 is 0 Å². The first-order valence-electron chi connectivity index (χ1n) is 7.52. The Hall–Kier alpha value is -1.73. The lowest BCUT2D eigenvalue weighted by Crippen LogP contribution is -2.10. The predicted octanol–water partition coefficient (Wildman–Crippen LogP) is 3.30. The molecule has 0 amide bonds. The molecule has 0 aromatic heterocycles. The van der Waals surface area contributed by atoms with Gasteiger partial charge in [0, 0.05) is 0 Å². The lowest BCUT2D eigenvalue weighted by molar-refractivity contribution is 0.259. The number of rotatable bonds is 9. The fraction of sp³-hybridized carbons (Fsp3) is 0.588. The van der Waals surface area contributed by atoms with Gasteiger partial charge in [-0.2, -0.15) is 5.26 Å². The van der Waals surface area contributed by atoms with Gasteiger partial charge in [0.05, 0.1) is 24.7 Å². The first kappa shape index (κ1) is 17.3. The summed E-state index contributed by atoms with van der Waals surface area (Å²) in [7, 11) is 0. The first-order valence-corrected chi connectivity index (χ1v) is 7.52. The lowest BCUT2D eigenvalue weighted by Gasteiger charge is -2.16. The third-order valence-electron chi connectivity index (χ3n) is 3.25. The molecule has 0 aliphatic rings. The molecule has 116 valence electrons. The molecule has 0 heterocycles. The molecule has 0 saturated carbocycles. The number of hydrogen-bond donors (Lipinski definition) is 1. The number of nitriles is 1. The van der Waals surface area contributed by atoms with Crippen molar-refractivity contribution < 1.29 is 9.47 Å². The van der Waals surface area contributed by atoms with E-state index in [1.165, 1.54) is 0 Å². The summed E-state index contributed by atoms with van der Waals surface area (Å²) < 4.78 is 11.4. The highest BCUT2D eigenvalue weighted by Gasteiger charge is 2.16. The SMILES string of the molecule is CCOc1cc(CCN)ccc1OCCCC(C)(C)C#N. The minimum absolute atomic E-state index is 0.295. The summed E-state index contributed by atoms with van der Waals surface area (Å²) >= 11 is 0. The molecule has 0 bridgehead atoms. The van der Waals surface area contributed by atoms with Gasteiger partial charge in [0.25, 0.3) is 0 Å². The number of hydrogen-bond acceptors (Lipinski definition) is 4. The molecule has 4 heteroatoms. The molecule has 1 rings (SSSR count). The van der Waals surface area contributed by atoms with Crippen LogP contribution >= 0.6 is 0 Å². The van der Waals surface area contributed by atoms with Gasteiger partial charge in [-0.25, -0.2) is 0 Å². The summed E-state index contributed by atoms with van der Waals surface area (Å²) in [5.41, 5.74) is 6.43. The summed E-state index contributed by atoms with van der Waals surface area (Å²) in [6.45, 7) is 7.65. The van der Waals surface area contributed by atoms with Crippen molar-refractivity contribution in [1.29, 1.82) is 5.26 Å². The van der Waals surface area contributed by atoms with E-state index in [4.69, 9.17) is 20.5 Å². The van der Waals surface area contributed by atoms with E-state index in [-0.39, 0.29) is 5.41 Å². The fourth-order valence-corrected chi connectivity index (χ4v) is 2.01. The first-order chi connectivity index (χ1) is 10.0. The molecule has 0 fully saturated rings. The monoisotopic (exact) mass is 290 g/mol. The maximum absolute atomic E-state index is 8.98. The molecule has 0 radical (unpaired) electrons. The van der Waals surface area contributed by atoms with E-state index in [0.29, 0.717) is 19.8 Å². The van der Waals surface area contributed by atoms with Crippen molar-refractivity contribution in [2.45, 2.75) is 40.0 Å². The van der Waals surface area contributed by atoms with Gasteiger partial charge in [0.2, 0.25) is 0 Å². The van der Waals surface area contributed by atoms with Crippen LogP contribution in [0.15, 0.2) is 18.2 Å². The summed E-state index contributed by atoms with van der Waals surface area (Å²) in [6, 6.07) is 8.25. The van der Waals surface area contributed by atoms with Gasteiger partial charge in [0.15, 0.2) is 11.5 Å². The van der Waals surface area contributed by atoms with Crippen LogP contribution in [0.1, 0.15) is 39.2 Å². The maximum atomic E-state index is 8.98. The van der Waals surface area contributed by atoms with Crippen molar-refractivity contribution in [1.82, 2.24) is 0 Å². The number of nitrogens with two attached hydrogens (primary N) is 1. The van der Waals surface area contributed by atoms with Crippen LogP contribution in [0.3, 0.4) is 0 Å². The minimum Gasteiger partial charge on any atom is -0.490 e. The summed E-state index contributed by atoms with van der Waals surface area (Å²) in [6.07, 6.45) is 2.49. The Balaban J connectivity index is 2.59. The molecule has 1 aromatic carbocycles. The van der Waals surface area contributed by atoms with Gasteiger partial charge in [-0.15, -0.1) is 0 Å². The fourth-order valence-electron chi connectivity index (χ4n) is 2.01. The van der Waals surface area contributed by atoms with E-state index in [9.17, 15) is 0 Å². The van der Waals surface area contributed by atoms with Gasteiger partial charge in [-0.3, -0.25) is 0 Å². The van der Waals surface area contributed by atoms with Crippen molar-refractivity contribution in [3.8, 4) is 17.6 Å². The Kier molecular flexibility index (Phi) is 7.04. The molecule has 4 nitrogen and oxygen atoms in total. The zero-order valence-electron chi connectivity index (χ0n) is 13.3. The van der Waals surface area contributed by atoms with E-state index < -0.39 is 0 Å². The molecular weight excluding hydrogens is 264 g/mol. The van der Waals surface area contributed by atoms with Crippen LogP contribution in [-0.2, 0) is 6.42 Å². The number of ether oxygens (including phenoxy) is 2. The van der Waals surface area contributed by atoms with E-state index in [1.54, 1.807) is 0 Å². The van der Waals surface area contributed by atoms with Gasteiger partial charge < -0.3 is 15.2 Å². The molecule has 0 atom stereocenters. The minimum atomic E-state index is -0.295. The summed E-state index contributed by atoms with van der Waals surface area (Å²) in [4.78, 5) is 0. The molecule has 0 aliphatic heterocycles. The van der Waals surface area contributed by atoms with Crippen molar-refractivity contribution in [3.05, 3.63) is 23.8 Å². The summed E-state index contributed by atoms with van der Waals surface area (Å²) in [5.74, 6) is 1.52. The quantitative estimate of drug-likeness (QED) is 0.709. The van der Waals surface area contributed by atoms with E-state index in [2.05, 4.69) is 6.07 Å². The van der Waals surface area contributed by atoms with Crippen LogP contribution < -0.4 is 15.2 Å². The molecule has 0 unspecified atom stereocenters. The van der Waals surface area contributed by atoms with Crippen LogP contribution in [0.25, 0.3) is 0 Å². The molecule has 0 saturated heterocycles. The van der Waals surface area contributed by atoms with Crippen LogP contribution in [0.2, 0.25) is 0 Å². The third kappa shape index (κ3) is 6.05. The summed E-state index contributed by atoms with van der Waals surface area (Å²) in [5, 5.41) is 8.98. The standard InChI is InChI=1S/C17H26N2O2/c1-4-20-16-12-14(8-10-18)6-7-15(16)21-11-5-9-17(2,3)13-19/h6-7,12H,4-5,8-11,18H2,1-3H3. The Labute approximate surface area is 127 Å². The largest absolute Gasteiger partial charge is 0.490 e. The molecule has 2 N–H and O–H groups in total. The maximum Gasteiger partial charge on any atom is 0.161 e. The second-order valence-corrected chi connectivity index (χ2v) is 5.70. The highest BCUT2D eigenvalue weighted by molar-refractivity contribution is 5.43. The van der Waals surface area contributed by atoms with Crippen molar-refractivity contribution in [3.63, 3.8) is 0 Å². The van der Waals surface area contributed by atoms with E-state index in [0.717, 1.165) is 36.3 Å². The second kappa shape index (κ2) is 8.53. The topological polar surface area (TPSA) is 68.3 Å². The smallest absolute Gasteiger partial charge is 0.161 e. The molecule has 0 spiro atoms.